The zero-order chi connectivity index (χ0) is 13.3. The second-order valence-corrected chi connectivity index (χ2v) is 3.72. The zero-order valence-corrected chi connectivity index (χ0v) is 9.97. The average Bonchev–Trinajstić information content (AvgIpc) is 2.21. The van der Waals surface area contributed by atoms with E-state index in [-0.39, 0.29) is 33.0 Å². The maximum Gasteiger partial charge on any atom is 0.335 e. The highest BCUT2D eigenvalue weighted by atomic mass is 16.6. The standard InChI is InChI=1S/C10H18O7/c1-10(2,9(13)14)17-6-5-15-3-4-16-7-8(11)12/h3-7H2,1-2H3,(H,11,12)(H,13,14). The SMILES string of the molecule is CC(C)(OCCOCCOCC(=O)O)C(=O)O. The van der Waals surface area contributed by atoms with Crippen LogP contribution in [0.2, 0.25) is 0 Å². The zero-order valence-electron chi connectivity index (χ0n) is 9.97. The van der Waals surface area contributed by atoms with Crippen LogP contribution in [0.15, 0.2) is 0 Å². The monoisotopic (exact) mass is 250 g/mol. The van der Waals surface area contributed by atoms with Gasteiger partial charge in [-0.15, -0.1) is 0 Å². The molecule has 100 valence electrons. The minimum atomic E-state index is -1.23. The average molecular weight is 250 g/mol. The molecule has 0 aromatic rings. The van der Waals surface area contributed by atoms with Gasteiger partial charge < -0.3 is 24.4 Å². The fourth-order valence-electron chi connectivity index (χ4n) is 0.797. The molecule has 0 atom stereocenters. The molecule has 0 saturated heterocycles. The first-order valence-corrected chi connectivity index (χ1v) is 5.11. The number of carbonyl (C=O) groups is 2. The Morgan fingerprint density at radius 2 is 1.53 bits per heavy atom. The number of hydrogen-bond acceptors (Lipinski definition) is 5. The minimum absolute atomic E-state index is 0.151. The molecule has 0 amide bonds. The van der Waals surface area contributed by atoms with Gasteiger partial charge in [-0.2, -0.15) is 0 Å². The van der Waals surface area contributed by atoms with E-state index < -0.39 is 17.5 Å². The van der Waals surface area contributed by atoms with Crippen LogP contribution in [0.5, 0.6) is 0 Å². The van der Waals surface area contributed by atoms with Crippen molar-refractivity contribution < 1.29 is 34.0 Å². The normalized spacial score (nSPS) is 11.4. The lowest BCUT2D eigenvalue weighted by molar-refractivity contribution is -0.162. The number of carboxylic acids is 2. The fraction of sp³-hybridized carbons (Fsp3) is 0.800. The largest absolute Gasteiger partial charge is 0.480 e. The highest BCUT2D eigenvalue weighted by molar-refractivity contribution is 5.76. The van der Waals surface area contributed by atoms with Gasteiger partial charge in [0.25, 0.3) is 0 Å². The van der Waals surface area contributed by atoms with E-state index in [0.717, 1.165) is 0 Å². The summed E-state index contributed by atoms with van der Waals surface area (Å²) in [7, 11) is 0. The van der Waals surface area contributed by atoms with Gasteiger partial charge in [0.15, 0.2) is 5.60 Å². The molecule has 0 fully saturated rings. The first-order valence-electron chi connectivity index (χ1n) is 5.11. The molecule has 0 radical (unpaired) electrons. The summed E-state index contributed by atoms with van der Waals surface area (Å²) in [5, 5.41) is 17.0. The molecular weight excluding hydrogens is 232 g/mol. The highest BCUT2D eigenvalue weighted by Gasteiger charge is 2.27. The Morgan fingerprint density at radius 3 is 2.06 bits per heavy atom. The predicted molar refractivity (Wildman–Crippen MR) is 56.9 cm³/mol. The molecule has 7 nitrogen and oxygen atoms in total. The first kappa shape index (κ1) is 15.8. The van der Waals surface area contributed by atoms with Gasteiger partial charge in [0.05, 0.1) is 26.4 Å². The Kier molecular flexibility index (Phi) is 7.44. The maximum absolute atomic E-state index is 10.6. The predicted octanol–water partition coefficient (Wildman–Crippen LogP) is -0.0160. The molecule has 0 rings (SSSR count). The van der Waals surface area contributed by atoms with Gasteiger partial charge in [-0.3, -0.25) is 0 Å². The van der Waals surface area contributed by atoms with Gasteiger partial charge in [0.1, 0.15) is 6.61 Å². The van der Waals surface area contributed by atoms with E-state index in [2.05, 4.69) is 0 Å². The molecule has 7 heteroatoms. The lowest BCUT2D eigenvalue weighted by Gasteiger charge is -2.19. The fourth-order valence-corrected chi connectivity index (χ4v) is 0.797. The van der Waals surface area contributed by atoms with Crippen molar-refractivity contribution in [2.45, 2.75) is 19.4 Å². The topological polar surface area (TPSA) is 102 Å². The van der Waals surface area contributed by atoms with E-state index in [1.54, 1.807) is 0 Å². The molecule has 0 saturated carbocycles. The smallest absolute Gasteiger partial charge is 0.335 e. The summed E-state index contributed by atoms with van der Waals surface area (Å²) >= 11 is 0. The Hall–Kier alpha value is -1.18. The van der Waals surface area contributed by atoms with Crippen molar-refractivity contribution in [1.82, 2.24) is 0 Å². The molecule has 0 bridgehead atoms. The number of carboxylic acid groups (broad SMARTS) is 2. The van der Waals surface area contributed by atoms with Crippen LogP contribution in [0.4, 0.5) is 0 Å². The van der Waals surface area contributed by atoms with Crippen LogP contribution >= 0.6 is 0 Å². The van der Waals surface area contributed by atoms with E-state index in [0.29, 0.717) is 0 Å². The summed E-state index contributed by atoms with van der Waals surface area (Å²) in [6, 6.07) is 0. The van der Waals surface area contributed by atoms with Crippen LogP contribution in [0, 0.1) is 0 Å². The lowest BCUT2D eigenvalue weighted by atomic mass is 10.1. The van der Waals surface area contributed by atoms with Crippen LogP contribution in [0.3, 0.4) is 0 Å². The highest BCUT2D eigenvalue weighted by Crippen LogP contribution is 2.08. The van der Waals surface area contributed by atoms with E-state index in [4.69, 9.17) is 24.4 Å². The third-order valence-electron chi connectivity index (χ3n) is 1.80. The second kappa shape index (κ2) is 7.99. The number of ether oxygens (including phenoxy) is 3. The lowest BCUT2D eigenvalue weighted by Crippen LogP contribution is -2.35. The number of aliphatic carboxylic acids is 2. The van der Waals surface area contributed by atoms with E-state index >= 15 is 0 Å². The molecule has 0 unspecified atom stereocenters. The molecule has 0 aromatic carbocycles. The van der Waals surface area contributed by atoms with Crippen molar-refractivity contribution in [3.8, 4) is 0 Å². The minimum Gasteiger partial charge on any atom is -0.480 e. The van der Waals surface area contributed by atoms with E-state index in [9.17, 15) is 9.59 Å². The molecular formula is C10H18O7. The third-order valence-corrected chi connectivity index (χ3v) is 1.80. The Balaban J connectivity index is 3.35. The van der Waals surface area contributed by atoms with Crippen molar-refractivity contribution in [3.63, 3.8) is 0 Å². The van der Waals surface area contributed by atoms with E-state index in [1.807, 2.05) is 0 Å². The molecule has 0 aliphatic carbocycles. The van der Waals surface area contributed by atoms with Crippen molar-refractivity contribution >= 4 is 11.9 Å². The Labute approximate surface area is 99.3 Å². The number of hydrogen-bond donors (Lipinski definition) is 2. The summed E-state index contributed by atoms with van der Waals surface area (Å²) in [5.41, 5.74) is -1.23. The molecule has 0 aliphatic heterocycles. The summed E-state index contributed by atoms with van der Waals surface area (Å²) in [5.74, 6) is -2.07. The van der Waals surface area contributed by atoms with Gasteiger partial charge >= 0.3 is 11.9 Å². The molecule has 0 heterocycles. The molecule has 0 spiro atoms. The van der Waals surface area contributed by atoms with Crippen LogP contribution in [-0.2, 0) is 23.8 Å². The van der Waals surface area contributed by atoms with Gasteiger partial charge in [-0.25, -0.2) is 9.59 Å². The summed E-state index contributed by atoms with van der Waals surface area (Å²) in [4.78, 5) is 20.7. The van der Waals surface area contributed by atoms with Crippen LogP contribution in [0.1, 0.15) is 13.8 Å². The van der Waals surface area contributed by atoms with Crippen LogP contribution < -0.4 is 0 Å². The summed E-state index contributed by atoms with van der Waals surface area (Å²) < 4.78 is 14.9. The van der Waals surface area contributed by atoms with Crippen molar-refractivity contribution in [2.75, 3.05) is 33.0 Å². The summed E-state index contributed by atoms with van der Waals surface area (Å²) in [6.07, 6.45) is 0. The van der Waals surface area contributed by atoms with Gasteiger partial charge in [-0.1, -0.05) is 0 Å². The maximum atomic E-state index is 10.6. The van der Waals surface area contributed by atoms with Crippen molar-refractivity contribution in [2.24, 2.45) is 0 Å². The van der Waals surface area contributed by atoms with Crippen LogP contribution in [0.25, 0.3) is 0 Å². The van der Waals surface area contributed by atoms with Crippen molar-refractivity contribution in [1.29, 1.82) is 0 Å². The van der Waals surface area contributed by atoms with Gasteiger partial charge in [-0.05, 0) is 13.8 Å². The summed E-state index contributed by atoms with van der Waals surface area (Å²) in [6.45, 7) is 3.34. The first-order chi connectivity index (χ1) is 7.86. The Morgan fingerprint density at radius 1 is 1.00 bits per heavy atom. The van der Waals surface area contributed by atoms with Crippen LogP contribution in [-0.4, -0.2) is 60.8 Å². The Bertz CT molecular complexity index is 249. The molecule has 17 heavy (non-hydrogen) atoms. The molecule has 0 aromatic heterocycles. The second-order valence-electron chi connectivity index (χ2n) is 3.72. The third kappa shape index (κ3) is 8.61. The van der Waals surface area contributed by atoms with Crippen molar-refractivity contribution in [3.05, 3.63) is 0 Å². The quantitative estimate of drug-likeness (QED) is 0.525. The molecule has 0 aliphatic rings. The molecule has 2 N–H and O–H groups in total. The van der Waals surface area contributed by atoms with Gasteiger partial charge in [0.2, 0.25) is 0 Å². The number of rotatable bonds is 10. The van der Waals surface area contributed by atoms with Gasteiger partial charge in [0, 0.05) is 0 Å². The van der Waals surface area contributed by atoms with E-state index in [1.165, 1.54) is 13.8 Å².